The van der Waals surface area contributed by atoms with Crippen molar-refractivity contribution in [3.63, 3.8) is 0 Å². The number of hydrogen-bond donors (Lipinski definition) is 2. The first-order valence-corrected chi connectivity index (χ1v) is 7.57. The van der Waals surface area contributed by atoms with E-state index in [4.69, 9.17) is 4.42 Å². The second-order valence-electron chi connectivity index (χ2n) is 5.01. The molecule has 104 valence electrons. The molecule has 1 heterocycles. The largest absolute Gasteiger partial charge is 0.459 e. The minimum atomic E-state index is 0.563. The second kappa shape index (κ2) is 7.08. The molecule has 0 saturated carbocycles. The fourth-order valence-electron chi connectivity index (χ4n) is 1.98. The number of nitrogens with one attached hydrogen (secondary N) is 2. The zero-order valence-electron chi connectivity index (χ0n) is 11.5. The topological polar surface area (TPSA) is 37.2 Å². The third-order valence-electron chi connectivity index (χ3n) is 2.93. The van der Waals surface area contributed by atoms with Crippen LogP contribution in [0.3, 0.4) is 0 Å². The summed E-state index contributed by atoms with van der Waals surface area (Å²) in [5, 5.41) is 7.96. The van der Waals surface area contributed by atoms with Crippen LogP contribution in [0.1, 0.15) is 26.0 Å². The Morgan fingerprint density at radius 1 is 1.26 bits per heavy atom. The van der Waals surface area contributed by atoms with Crippen molar-refractivity contribution >= 4 is 26.9 Å². The number of rotatable bonds is 7. The van der Waals surface area contributed by atoms with Crippen molar-refractivity contribution in [2.75, 3.05) is 13.1 Å². The lowest BCUT2D eigenvalue weighted by Crippen LogP contribution is -2.26. The van der Waals surface area contributed by atoms with E-state index in [1.54, 1.807) is 0 Å². The van der Waals surface area contributed by atoms with Crippen LogP contribution in [0.4, 0.5) is 0 Å². The summed E-state index contributed by atoms with van der Waals surface area (Å²) in [4.78, 5) is 0. The van der Waals surface area contributed by atoms with Crippen molar-refractivity contribution in [2.24, 2.45) is 0 Å². The lowest BCUT2D eigenvalue weighted by Gasteiger charge is -2.07. The summed E-state index contributed by atoms with van der Waals surface area (Å²) in [6, 6.07) is 8.75. The number of fused-ring (bicyclic) bond motifs is 1. The number of halogens is 1. The van der Waals surface area contributed by atoms with Gasteiger partial charge in [-0.05, 0) is 47.6 Å². The van der Waals surface area contributed by atoms with E-state index in [9.17, 15) is 0 Å². The highest BCUT2D eigenvalue weighted by Gasteiger charge is 2.05. The molecule has 2 aromatic rings. The van der Waals surface area contributed by atoms with Gasteiger partial charge in [-0.15, -0.1) is 0 Å². The molecule has 0 fully saturated rings. The van der Waals surface area contributed by atoms with E-state index in [1.807, 2.05) is 12.1 Å². The lowest BCUT2D eigenvalue weighted by molar-refractivity contribution is 0.498. The monoisotopic (exact) mass is 324 g/mol. The van der Waals surface area contributed by atoms with E-state index in [2.05, 4.69) is 52.5 Å². The molecule has 0 aliphatic heterocycles. The van der Waals surface area contributed by atoms with Crippen LogP contribution in [0.5, 0.6) is 0 Å². The third-order valence-corrected chi connectivity index (χ3v) is 3.55. The molecular formula is C15H21BrN2O. The molecule has 3 nitrogen and oxygen atoms in total. The van der Waals surface area contributed by atoms with Gasteiger partial charge in [0, 0.05) is 11.4 Å². The maximum absolute atomic E-state index is 5.82. The summed E-state index contributed by atoms with van der Waals surface area (Å²) in [5.74, 6) is 0.985. The quantitative estimate of drug-likeness (QED) is 0.763. The molecule has 2 rings (SSSR count). The lowest BCUT2D eigenvalue weighted by atomic mass is 10.2. The van der Waals surface area contributed by atoms with Gasteiger partial charge in [0.1, 0.15) is 11.3 Å². The Bertz CT molecular complexity index is 522. The van der Waals surface area contributed by atoms with Gasteiger partial charge < -0.3 is 15.1 Å². The molecule has 0 saturated heterocycles. The van der Waals surface area contributed by atoms with Crippen molar-refractivity contribution in [2.45, 2.75) is 32.9 Å². The first-order chi connectivity index (χ1) is 9.16. The van der Waals surface area contributed by atoms with Crippen molar-refractivity contribution < 1.29 is 4.42 Å². The van der Waals surface area contributed by atoms with Gasteiger partial charge >= 0.3 is 0 Å². The highest BCUT2D eigenvalue weighted by atomic mass is 79.9. The molecule has 0 aliphatic rings. The summed E-state index contributed by atoms with van der Waals surface area (Å²) >= 11 is 3.50. The van der Waals surface area contributed by atoms with E-state index >= 15 is 0 Å². The van der Waals surface area contributed by atoms with Crippen LogP contribution in [0.15, 0.2) is 33.2 Å². The fourth-order valence-corrected chi connectivity index (χ4v) is 2.45. The van der Waals surface area contributed by atoms with Crippen LogP contribution in [-0.2, 0) is 6.54 Å². The predicted octanol–water partition coefficient (Wildman–Crippen LogP) is 3.67. The maximum atomic E-state index is 5.82. The molecule has 1 aromatic heterocycles. The van der Waals surface area contributed by atoms with E-state index in [0.29, 0.717) is 6.04 Å². The van der Waals surface area contributed by atoms with Gasteiger partial charge in [-0.3, -0.25) is 0 Å². The minimum Gasteiger partial charge on any atom is -0.459 e. The number of hydrogen-bond acceptors (Lipinski definition) is 3. The molecule has 2 N–H and O–H groups in total. The van der Waals surface area contributed by atoms with Gasteiger partial charge in [-0.2, -0.15) is 0 Å². The van der Waals surface area contributed by atoms with Crippen molar-refractivity contribution in [1.29, 1.82) is 0 Å². The first kappa shape index (κ1) is 14.6. The molecule has 0 radical (unpaired) electrons. The normalized spacial score (nSPS) is 11.6. The molecule has 0 spiro atoms. The standard InChI is InChI=1S/C15H21BrN2O/c1-11(2)18-8-4-7-17-10-13-9-12-5-3-6-14(16)15(12)19-13/h3,5-6,9,11,17-18H,4,7-8,10H2,1-2H3. The van der Waals surface area contributed by atoms with Gasteiger partial charge in [0.15, 0.2) is 0 Å². The highest BCUT2D eigenvalue weighted by molar-refractivity contribution is 9.10. The molecule has 4 heteroatoms. The molecule has 1 aromatic carbocycles. The van der Waals surface area contributed by atoms with E-state index in [0.717, 1.165) is 47.3 Å². The minimum absolute atomic E-state index is 0.563. The van der Waals surface area contributed by atoms with Gasteiger partial charge in [0.05, 0.1) is 11.0 Å². The third kappa shape index (κ3) is 4.34. The smallest absolute Gasteiger partial charge is 0.148 e. The molecule has 0 unspecified atom stereocenters. The van der Waals surface area contributed by atoms with E-state index < -0.39 is 0 Å². The van der Waals surface area contributed by atoms with E-state index in [1.165, 1.54) is 0 Å². The Labute approximate surface area is 122 Å². The number of para-hydroxylation sites is 1. The summed E-state index contributed by atoms with van der Waals surface area (Å²) in [7, 11) is 0. The van der Waals surface area contributed by atoms with E-state index in [-0.39, 0.29) is 0 Å². The first-order valence-electron chi connectivity index (χ1n) is 6.78. The predicted molar refractivity (Wildman–Crippen MR) is 83.4 cm³/mol. The maximum Gasteiger partial charge on any atom is 0.148 e. The molecular weight excluding hydrogens is 304 g/mol. The van der Waals surface area contributed by atoms with Crippen molar-refractivity contribution in [3.05, 3.63) is 34.5 Å². The zero-order chi connectivity index (χ0) is 13.7. The van der Waals surface area contributed by atoms with Crippen LogP contribution in [0, 0.1) is 0 Å². The fraction of sp³-hybridized carbons (Fsp3) is 0.467. The summed E-state index contributed by atoms with van der Waals surface area (Å²) in [6.45, 7) is 7.16. The Kier molecular flexibility index (Phi) is 5.43. The highest BCUT2D eigenvalue weighted by Crippen LogP contribution is 2.26. The van der Waals surface area contributed by atoms with Gasteiger partial charge in [0.2, 0.25) is 0 Å². The Hall–Kier alpha value is -0.840. The SMILES string of the molecule is CC(C)NCCCNCc1cc2cccc(Br)c2o1. The molecule has 0 bridgehead atoms. The van der Waals surface area contributed by atoms with Gasteiger partial charge in [-0.25, -0.2) is 0 Å². The number of furan rings is 1. The summed E-state index contributed by atoms with van der Waals surface area (Å²) < 4.78 is 6.83. The Morgan fingerprint density at radius 3 is 2.84 bits per heavy atom. The Morgan fingerprint density at radius 2 is 2.11 bits per heavy atom. The molecule has 19 heavy (non-hydrogen) atoms. The van der Waals surface area contributed by atoms with Crippen LogP contribution < -0.4 is 10.6 Å². The zero-order valence-corrected chi connectivity index (χ0v) is 13.1. The summed E-state index contributed by atoms with van der Waals surface area (Å²) in [5.41, 5.74) is 0.931. The van der Waals surface area contributed by atoms with Crippen LogP contribution >= 0.6 is 15.9 Å². The average molecular weight is 325 g/mol. The van der Waals surface area contributed by atoms with Crippen LogP contribution in [0.25, 0.3) is 11.0 Å². The second-order valence-corrected chi connectivity index (χ2v) is 5.86. The molecule has 0 amide bonds. The van der Waals surface area contributed by atoms with Crippen LogP contribution in [0.2, 0.25) is 0 Å². The van der Waals surface area contributed by atoms with Gasteiger partial charge in [0.25, 0.3) is 0 Å². The molecule has 0 atom stereocenters. The van der Waals surface area contributed by atoms with Crippen molar-refractivity contribution in [3.8, 4) is 0 Å². The Balaban J connectivity index is 1.77. The molecule has 0 aliphatic carbocycles. The van der Waals surface area contributed by atoms with Crippen LogP contribution in [-0.4, -0.2) is 19.1 Å². The van der Waals surface area contributed by atoms with Crippen molar-refractivity contribution in [1.82, 2.24) is 10.6 Å². The summed E-state index contributed by atoms with van der Waals surface area (Å²) in [6.07, 6.45) is 1.13. The van der Waals surface area contributed by atoms with Gasteiger partial charge in [-0.1, -0.05) is 26.0 Å². The average Bonchev–Trinajstić information content (AvgIpc) is 2.78. The number of benzene rings is 1.